The number of aryl methyl sites for hydroxylation is 3. The minimum absolute atomic E-state index is 0.0673. The molecule has 12 heterocycles. The molecule has 21 nitrogen and oxygen atoms in total. The van der Waals surface area contributed by atoms with Crippen molar-refractivity contribution in [2.45, 2.75) is 139 Å². The Hall–Kier alpha value is -11.2. The molecule has 3 aromatic carbocycles. The number of benzene rings is 3. The normalized spacial score (nSPS) is 15.8. The Labute approximate surface area is 694 Å². The van der Waals surface area contributed by atoms with Crippen molar-refractivity contribution in [1.82, 2.24) is 58.6 Å². The topological polar surface area (TPSA) is 270 Å². The molecule has 9 aromatic heterocycles. The number of pyridine rings is 6. The third-order valence-electron chi connectivity index (χ3n) is 21.7. The summed E-state index contributed by atoms with van der Waals surface area (Å²) in [6, 6.07) is 8.29. The van der Waals surface area contributed by atoms with Gasteiger partial charge in [0.15, 0.2) is 86.7 Å². The zero-order valence-corrected chi connectivity index (χ0v) is 69.2. The molecule has 3 aliphatic rings. The molecule has 3 aliphatic heterocycles. The molecule has 6 N–H and O–H groups in total. The van der Waals surface area contributed by atoms with E-state index in [0.717, 1.165) is 56.7 Å². The summed E-state index contributed by atoms with van der Waals surface area (Å²) in [6.07, 6.45) is 10.3. The number of anilines is 6. The SMILES string of the molecule is Cc1ccnc(C(C)C)c1-n1c(=O)nc(N2CCC[C@H](C)C2)c2cc(F)c(-c3c(F)c(F)c(F)c(N)c3Cl)nc21.Cc1ccnc(C(C)C)c1-n1c(=O)nc(N2CCC[C@H](C)C2)c2cc(F)c(-c3c(F)c(N)c(F)c(F)c3Cl)nc21.Cc1ccnc(C(C)C)c1-n1c(=O)nc(N2CCC[C@H](C)C2)c2cc(F)c(-c3c(N)c(F)c(F)c(Cl)c3F)nc21. The fraction of sp³-hybridized carbons (Fsp3) is 0.357. The number of hydrogen-bond acceptors (Lipinski definition) is 18. The highest BCUT2D eigenvalue weighted by molar-refractivity contribution is 6.36. The van der Waals surface area contributed by atoms with Gasteiger partial charge in [-0.2, -0.15) is 15.0 Å². The first kappa shape index (κ1) is 86.7. The molecule has 36 heteroatoms. The average molecular weight is 1730 g/mol. The minimum Gasteiger partial charge on any atom is -0.396 e. The second-order valence-electron chi connectivity index (χ2n) is 31.5. The van der Waals surface area contributed by atoms with E-state index in [1.165, 1.54) is 13.7 Å². The van der Waals surface area contributed by atoms with Crippen LogP contribution in [0, 0.1) is 108 Å². The lowest BCUT2D eigenvalue weighted by molar-refractivity contribution is 0.445. The third kappa shape index (κ3) is 15.6. The monoisotopic (exact) mass is 1720 g/mol. The maximum Gasteiger partial charge on any atom is 0.355 e. The molecule has 0 spiro atoms. The van der Waals surface area contributed by atoms with Crippen molar-refractivity contribution < 1.29 is 52.7 Å². The number of aromatic nitrogens is 12. The van der Waals surface area contributed by atoms with Gasteiger partial charge in [0.25, 0.3) is 0 Å². The van der Waals surface area contributed by atoms with Gasteiger partial charge in [-0.3, -0.25) is 15.0 Å². The molecule has 0 unspecified atom stereocenters. The van der Waals surface area contributed by atoms with Crippen molar-refractivity contribution in [3.05, 3.63) is 205 Å². The lowest BCUT2D eigenvalue weighted by Gasteiger charge is -2.32. The van der Waals surface area contributed by atoms with Gasteiger partial charge >= 0.3 is 17.1 Å². The van der Waals surface area contributed by atoms with Gasteiger partial charge in [-0.25, -0.2) is 95.7 Å². The van der Waals surface area contributed by atoms with Crippen LogP contribution in [0.3, 0.4) is 0 Å². The van der Waals surface area contributed by atoms with Crippen molar-refractivity contribution in [3.8, 4) is 50.8 Å². The Morgan fingerprint density at radius 1 is 0.375 bits per heavy atom. The third-order valence-corrected chi connectivity index (χ3v) is 22.7. The van der Waals surface area contributed by atoms with Crippen LogP contribution in [0.1, 0.15) is 152 Å². The number of fused-ring (bicyclic) bond motifs is 3. The summed E-state index contributed by atoms with van der Waals surface area (Å²) >= 11 is 17.7. The molecule has 630 valence electrons. The van der Waals surface area contributed by atoms with E-state index in [2.05, 4.69) is 65.6 Å². The van der Waals surface area contributed by atoms with Gasteiger partial charge < -0.3 is 31.9 Å². The molecule has 3 atom stereocenters. The summed E-state index contributed by atoms with van der Waals surface area (Å²) in [7, 11) is 0. The Bertz CT molecular complexity index is 5690. The summed E-state index contributed by atoms with van der Waals surface area (Å²) < 4.78 is 182. The van der Waals surface area contributed by atoms with Crippen molar-refractivity contribution in [2.75, 3.05) is 71.2 Å². The zero-order chi connectivity index (χ0) is 87.1. The number of halogens is 15. The van der Waals surface area contributed by atoms with E-state index >= 15 is 26.3 Å². The van der Waals surface area contributed by atoms with E-state index in [0.29, 0.717) is 108 Å². The predicted molar refractivity (Wildman–Crippen MR) is 441 cm³/mol. The van der Waals surface area contributed by atoms with E-state index < -0.39 is 153 Å². The molecule has 15 rings (SSSR count). The largest absolute Gasteiger partial charge is 0.396 e. The van der Waals surface area contributed by atoms with Crippen LogP contribution < -0.4 is 49.0 Å². The van der Waals surface area contributed by atoms with Crippen LogP contribution in [0.4, 0.5) is 87.2 Å². The maximum atomic E-state index is 15.8. The number of nitrogen functional groups attached to an aromatic ring is 3. The van der Waals surface area contributed by atoms with Crippen LogP contribution in [0.15, 0.2) is 69.4 Å². The van der Waals surface area contributed by atoms with E-state index in [4.69, 9.17) is 52.0 Å². The molecule has 0 saturated carbocycles. The van der Waals surface area contributed by atoms with Crippen LogP contribution in [-0.2, 0) is 0 Å². The van der Waals surface area contributed by atoms with Crippen LogP contribution >= 0.6 is 34.8 Å². The number of hydrogen-bond donors (Lipinski definition) is 3. The summed E-state index contributed by atoms with van der Waals surface area (Å²) in [5.41, 5.74) is 11.4. The summed E-state index contributed by atoms with van der Waals surface area (Å²) in [6.45, 7) is 26.4. The molecule has 3 fully saturated rings. The average Bonchev–Trinajstić information content (AvgIpc) is 0.739. The molecule has 12 aromatic rings. The lowest BCUT2D eigenvalue weighted by atomic mass is 10.00. The smallest absolute Gasteiger partial charge is 0.355 e. The Kier molecular flexibility index (Phi) is 24.7. The Morgan fingerprint density at radius 2 is 0.683 bits per heavy atom. The molecular weight excluding hydrogens is 1640 g/mol. The van der Waals surface area contributed by atoms with Gasteiger partial charge in [0.2, 0.25) is 0 Å². The molecule has 0 radical (unpaired) electrons. The Balaban J connectivity index is 0.000000156. The van der Waals surface area contributed by atoms with Crippen molar-refractivity contribution in [1.29, 1.82) is 0 Å². The quantitative estimate of drug-likeness (QED) is 0.0444. The van der Waals surface area contributed by atoms with Crippen LogP contribution in [0.2, 0.25) is 15.1 Å². The molecular formula is C84H81Cl3F12N18O3. The second-order valence-corrected chi connectivity index (χ2v) is 32.6. The molecule has 3 saturated heterocycles. The van der Waals surface area contributed by atoms with Gasteiger partial charge in [0.1, 0.15) is 45.2 Å². The number of nitrogens with zero attached hydrogens (tertiary/aromatic N) is 15. The highest BCUT2D eigenvalue weighted by atomic mass is 35.5. The summed E-state index contributed by atoms with van der Waals surface area (Å²) in [5, 5.41) is -2.41. The van der Waals surface area contributed by atoms with E-state index in [1.54, 1.807) is 57.6 Å². The number of piperidine rings is 3. The molecule has 0 bridgehead atoms. The van der Waals surface area contributed by atoms with E-state index in [9.17, 15) is 40.7 Å². The number of nitrogens with two attached hydrogens (primary N) is 3. The first-order valence-electron chi connectivity index (χ1n) is 38.6. The van der Waals surface area contributed by atoms with Gasteiger partial charge in [0.05, 0.1) is 88.4 Å². The van der Waals surface area contributed by atoms with Crippen molar-refractivity contribution in [2.24, 2.45) is 17.8 Å². The van der Waals surface area contributed by atoms with E-state index in [-0.39, 0.29) is 68.3 Å². The highest BCUT2D eigenvalue weighted by Crippen LogP contribution is 2.46. The molecule has 0 aliphatic carbocycles. The first-order valence-corrected chi connectivity index (χ1v) is 39.8. The number of rotatable bonds is 12. The van der Waals surface area contributed by atoms with Crippen LogP contribution in [0.25, 0.3) is 83.9 Å². The Morgan fingerprint density at radius 3 is 1.02 bits per heavy atom. The van der Waals surface area contributed by atoms with Crippen molar-refractivity contribution in [3.63, 3.8) is 0 Å². The predicted octanol–water partition coefficient (Wildman–Crippen LogP) is 18.9. The standard InChI is InChI=1S/3C28H27ClF4N6O/c1-12(2)23-25(14(4)7-8-35-23)39-27-15(26(37-28(39)40)38-9-5-6-13(3)11-38)10-16(30)24(36-27)17-19(31)18(29)20(32)21(33)22(17)34;1-12(2)23-25(14(4)7-8-35-23)39-27-15(26(37-28(39)40)38-9-5-6-13(3)11-38)10-16(30)24(36-27)17-18(29)22(34)21(33)20(32)19(17)31;1-12(2)23-25(14(4)7-8-35-23)39-27-15(26(37-28(39)40)38-9-5-6-13(3)11-38)10-16(30)24(36-27)17-18(29)20(32)21(33)22(34)19(17)31/h3*7-8,10,12-13H,5-6,9,11,34H2,1-4H3/t3*13-/m000/s1. The minimum atomic E-state index is -1.92. The van der Waals surface area contributed by atoms with Gasteiger partial charge in [0, 0.05) is 57.9 Å². The fourth-order valence-electron chi connectivity index (χ4n) is 15.8. The lowest BCUT2D eigenvalue weighted by Crippen LogP contribution is -2.37. The van der Waals surface area contributed by atoms with Crippen LogP contribution in [0.5, 0.6) is 0 Å². The van der Waals surface area contributed by atoms with Gasteiger partial charge in [-0.05, 0) is 148 Å². The maximum absolute atomic E-state index is 15.8. The summed E-state index contributed by atoms with van der Waals surface area (Å²) in [5.74, 6) is -17.0. The second kappa shape index (κ2) is 34.1. The molecule has 120 heavy (non-hydrogen) atoms. The highest BCUT2D eigenvalue weighted by Gasteiger charge is 2.36. The van der Waals surface area contributed by atoms with Gasteiger partial charge in [-0.1, -0.05) is 97.1 Å². The first-order chi connectivity index (χ1) is 56.7. The molecule has 0 amide bonds. The summed E-state index contributed by atoms with van der Waals surface area (Å²) in [4.78, 5) is 86.5. The van der Waals surface area contributed by atoms with Crippen molar-refractivity contribution >= 4 is 102 Å². The zero-order valence-electron chi connectivity index (χ0n) is 67.0. The van der Waals surface area contributed by atoms with Gasteiger partial charge in [-0.15, -0.1) is 0 Å². The fourth-order valence-corrected chi connectivity index (χ4v) is 16.5. The van der Waals surface area contributed by atoms with Crippen LogP contribution in [-0.4, -0.2) is 97.8 Å². The van der Waals surface area contributed by atoms with E-state index in [1.807, 2.05) is 56.2 Å².